The Labute approximate surface area is 138 Å². The van der Waals surface area contributed by atoms with E-state index in [2.05, 4.69) is 13.8 Å². The monoisotopic (exact) mass is 319 g/mol. The number of hydrogen-bond donors (Lipinski definition) is 1. The van der Waals surface area contributed by atoms with E-state index in [0.717, 1.165) is 19.3 Å². The lowest BCUT2D eigenvalue weighted by atomic mass is 9.40. The van der Waals surface area contributed by atoms with Crippen LogP contribution in [0.5, 0.6) is 0 Å². The number of nitrogens with zero attached hydrogens (tertiary/aromatic N) is 1. The fraction of sp³-hybridized carbons (Fsp3) is 0.895. The lowest BCUT2D eigenvalue weighted by Gasteiger charge is -2.65. The highest BCUT2D eigenvalue weighted by Gasteiger charge is 2.63. The van der Waals surface area contributed by atoms with Crippen LogP contribution in [0.25, 0.3) is 0 Å². The predicted octanol–water partition coefficient (Wildman–Crippen LogP) is 3.31. The van der Waals surface area contributed by atoms with Gasteiger partial charge in [0.25, 0.3) is 0 Å². The Balaban J connectivity index is 1.61. The minimum atomic E-state index is -0.766. The molecular weight excluding hydrogens is 290 g/mol. The summed E-state index contributed by atoms with van der Waals surface area (Å²) in [6.45, 7) is 7.54. The van der Waals surface area contributed by atoms with Crippen LogP contribution in [0.15, 0.2) is 0 Å². The zero-order chi connectivity index (χ0) is 16.7. The van der Waals surface area contributed by atoms with Gasteiger partial charge in [0, 0.05) is 13.1 Å². The molecule has 128 valence electrons. The van der Waals surface area contributed by atoms with Crippen LogP contribution in [0.1, 0.15) is 65.7 Å². The van der Waals surface area contributed by atoms with Crippen molar-refractivity contribution in [1.82, 2.24) is 4.90 Å². The molecule has 1 saturated heterocycles. The fourth-order valence-corrected chi connectivity index (χ4v) is 7.33. The van der Waals surface area contributed by atoms with Crippen molar-refractivity contribution in [3.8, 4) is 0 Å². The Kier molecular flexibility index (Phi) is 2.90. The highest BCUT2D eigenvalue weighted by molar-refractivity contribution is 5.85. The lowest BCUT2D eigenvalue weighted by Crippen LogP contribution is -2.60. The van der Waals surface area contributed by atoms with Crippen molar-refractivity contribution in [3.05, 3.63) is 0 Å². The molecule has 4 heteroatoms. The van der Waals surface area contributed by atoms with Gasteiger partial charge in [-0.2, -0.15) is 0 Å². The summed E-state index contributed by atoms with van der Waals surface area (Å²) >= 11 is 0. The van der Waals surface area contributed by atoms with Crippen LogP contribution in [0, 0.1) is 27.6 Å². The molecule has 4 saturated carbocycles. The largest absolute Gasteiger partial charge is 0.481 e. The standard InChI is InChI=1S/C19H29NO3/c1-16-6-13-7-17(2,9-16)11-19(8-13,10-16)14(21)20-5-4-18(3,12-20)15(22)23/h13H,4-12H2,1-3H3,(H,22,23). The van der Waals surface area contributed by atoms with Crippen molar-refractivity contribution in [3.63, 3.8) is 0 Å². The molecule has 0 radical (unpaired) electrons. The first-order chi connectivity index (χ1) is 10.6. The zero-order valence-electron chi connectivity index (χ0n) is 14.7. The van der Waals surface area contributed by atoms with E-state index in [-0.39, 0.29) is 11.3 Å². The second-order valence-electron chi connectivity index (χ2n) is 10.3. The van der Waals surface area contributed by atoms with E-state index in [1.54, 1.807) is 6.92 Å². The van der Waals surface area contributed by atoms with Crippen molar-refractivity contribution < 1.29 is 14.7 Å². The smallest absolute Gasteiger partial charge is 0.311 e. The number of carboxylic acid groups (broad SMARTS) is 1. The first-order valence-electron chi connectivity index (χ1n) is 9.10. The van der Waals surface area contributed by atoms with E-state index in [1.165, 1.54) is 19.3 Å². The Morgan fingerprint density at radius 2 is 1.61 bits per heavy atom. The van der Waals surface area contributed by atoms with E-state index in [9.17, 15) is 14.7 Å². The number of carbonyl (C=O) groups is 2. The number of carboxylic acids is 1. The summed E-state index contributed by atoms with van der Waals surface area (Å²) in [5.41, 5.74) is -0.322. The van der Waals surface area contributed by atoms with Gasteiger partial charge >= 0.3 is 5.97 Å². The maximum atomic E-state index is 13.4. The quantitative estimate of drug-likeness (QED) is 0.849. The van der Waals surface area contributed by atoms with Crippen LogP contribution in [0.3, 0.4) is 0 Å². The van der Waals surface area contributed by atoms with Gasteiger partial charge in [-0.1, -0.05) is 13.8 Å². The molecule has 4 bridgehead atoms. The van der Waals surface area contributed by atoms with E-state index in [0.29, 0.717) is 36.3 Å². The average Bonchev–Trinajstić information content (AvgIpc) is 2.77. The first-order valence-corrected chi connectivity index (χ1v) is 9.10. The molecule has 4 aliphatic carbocycles. The molecule has 1 amide bonds. The van der Waals surface area contributed by atoms with Gasteiger partial charge in [0.15, 0.2) is 0 Å². The second-order valence-corrected chi connectivity index (χ2v) is 10.3. The van der Waals surface area contributed by atoms with Gasteiger partial charge in [-0.05, 0) is 68.6 Å². The van der Waals surface area contributed by atoms with Gasteiger partial charge < -0.3 is 10.0 Å². The number of hydrogen-bond acceptors (Lipinski definition) is 2. The first kappa shape index (κ1) is 15.5. The summed E-state index contributed by atoms with van der Waals surface area (Å²) in [5.74, 6) is 0.194. The summed E-state index contributed by atoms with van der Waals surface area (Å²) in [6.07, 6.45) is 7.49. The van der Waals surface area contributed by atoms with Crippen LogP contribution in [0.2, 0.25) is 0 Å². The topological polar surface area (TPSA) is 57.6 Å². The highest BCUT2D eigenvalue weighted by Crippen LogP contribution is 2.70. The summed E-state index contributed by atoms with van der Waals surface area (Å²) in [6, 6.07) is 0. The number of likely N-dealkylation sites (tertiary alicyclic amines) is 1. The van der Waals surface area contributed by atoms with Gasteiger partial charge in [-0.3, -0.25) is 9.59 Å². The molecule has 0 aromatic carbocycles. The Morgan fingerprint density at radius 1 is 1.00 bits per heavy atom. The summed E-state index contributed by atoms with van der Waals surface area (Å²) in [5, 5.41) is 9.45. The zero-order valence-corrected chi connectivity index (χ0v) is 14.7. The van der Waals surface area contributed by atoms with Crippen molar-refractivity contribution in [1.29, 1.82) is 0 Å². The van der Waals surface area contributed by atoms with E-state index >= 15 is 0 Å². The van der Waals surface area contributed by atoms with Crippen molar-refractivity contribution >= 4 is 11.9 Å². The number of amides is 1. The van der Waals surface area contributed by atoms with Gasteiger partial charge in [-0.15, -0.1) is 0 Å². The van der Waals surface area contributed by atoms with Gasteiger partial charge in [0.2, 0.25) is 5.91 Å². The molecule has 1 aliphatic heterocycles. The highest BCUT2D eigenvalue weighted by atomic mass is 16.4. The molecule has 1 N–H and O–H groups in total. The SMILES string of the molecule is CC12CC3CC(C)(C1)CC(C(=O)N1CCC(C)(C(=O)O)C1)(C3)C2. The fourth-order valence-electron chi connectivity index (χ4n) is 7.33. The minimum absolute atomic E-state index is 0.202. The average molecular weight is 319 g/mol. The van der Waals surface area contributed by atoms with Crippen LogP contribution in [0.4, 0.5) is 0 Å². The van der Waals surface area contributed by atoms with Crippen molar-refractivity contribution in [2.24, 2.45) is 27.6 Å². The second kappa shape index (κ2) is 4.31. The molecule has 3 unspecified atom stereocenters. The molecule has 1 heterocycles. The molecule has 4 nitrogen and oxygen atoms in total. The normalized spacial score (nSPS) is 51.3. The lowest BCUT2D eigenvalue weighted by molar-refractivity contribution is -0.179. The van der Waals surface area contributed by atoms with E-state index in [4.69, 9.17) is 0 Å². The minimum Gasteiger partial charge on any atom is -0.481 e. The number of rotatable bonds is 2. The number of carbonyl (C=O) groups excluding carboxylic acids is 1. The van der Waals surface area contributed by atoms with Gasteiger partial charge in [0.1, 0.15) is 0 Å². The van der Waals surface area contributed by atoms with Crippen LogP contribution >= 0.6 is 0 Å². The van der Waals surface area contributed by atoms with E-state index < -0.39 is 11.4 Å². The van der Waals surface area contributed by atoms with Crippen molar-refractivity contribution in [2.75, 3.05) is 13.1 Å². The molecule has 23 heavy (non-hydrogen) atoms. The molecule has 5 aliphatic rings. The summed E-state index contributed by atoms with van der Waals surface area (Å²) < 4.78 is 0. The van der Waals surface area contributed by atoms with Crippen LogP contribution < -0.4 is 0 Å². The molecular formula is C19H29NO3. The maximum absolute atomic E-state index is 13.4. The molecule has 5 fully saturated rings. The van der Waals surface area contributed by atoms with Crippen LogP contribution in [-0.2, 0) is 9.59 Å². The van der Waals surface area contributed by atoms with Gasteiger partial charge in [-0.25, -0.2) is 0 Å². The van der Waals surface area contributed by atoms with E-state index in [1.807, 2.05) is 4.90 Å². The Morgan fingerprint density at radius 3 is 2.09 bits per heavy atom. The molecule has 0 spiro atoms. The van der Waals surface area contributed by atoms with Crippen molar-refractivity contribution in [2.45, 2.75) is 65.7 Å². The molecule has 0 aromatic heterocycles. The summed E-state index contributed by atoms with van der Waals surface area (Å²) in [4.78, 5) is 26.8. The third-order valence-corrected chi connectivity index (χ3v) is 7.36. The third kappa shape index (κ3) is 2.16. The third-order valence-electron chi connectivity index (χ3n) is 7.36. The molecule has 5 rings (SSSR count). The maximum Gasteiger partial charge on any atom is 0.311 e. The Hall–Kier alpha value is -1.06. The van der Waals surface area contributed by atoms with Gasteiger partial charge in [0.05, 0.1) is 10.8 Å². The Bertz CT molecular complexity index is 567. The predicted molar refractivity (Wildman–Crippen MR) is 86.8 cm³/mol. The molecule has 0 aromatic rings. The van der Waals surface area contributed by atoms with Crippen LogP contribution in [-0.4, -0.2) is 35.0 Å². The summed E-state index contributed by atoms with van der Waals surface area (Å²) in [7, 11) is 0. The molecule has 3 atom stereocenters. The number of aliphatic carboxylic acids is 1.